The Hall–Kier alpha value is -2.78. The molecule has 8 unspecified atom stereocenters. The molecule has 0 saturated carbocycles. The number of amides is 4. The fraction of sp³-hybridized carbons (Fsp3) is 0.800. The number of primary amides is 1. The van der Waals surface area contributed by atoms with Crippen molar-refractivity contribution in [1.82, 2.24) is 16.0 Å². The normalized spacial score (nSPS) is 21.8. The summed E-state index contributed by atoms with van der Waals surface area (Å²) in [6.45, 7) is 5.00. The fourth-order valence-corrected chi connectivity index (χ4v) is 6.00. The highest BCUT2D eigenvalue weighted by molar-refractivity contribution is 7.85. The van der Waals surface area contributed by atoms with Crippen LogP contribution in [-0.2, 0) is 34.1 Å². The molecule has 1 saturated heterocycles. The first-order valence-electron chi connectivity index (χ1n) is 13.5. The predicted molar refractivity (Wildman–Crippen MR) is 144 cm³/mol. The Labute approximate surface area is 235 Å². The summed E-state index contributed by atoms with van der Waals surface area (Å²) in [7, 11) is -4.44. The number of carboxylic acids is 1. The third-order valence-electron chi connectivity index (χ3n) is 7.35. The van der Waals surface area contributed by atoms with Gasteiger partial charge in [-0.1, -0.05) is 20.8 Å². The Morgan fingerprint density at radius 3 is 2.30 bits per heavy atom. The Balaban J connectivity index is 2.79. The van der Waals surface area contributed by atoms with Gasteiger partial charge < -0.3 is 37.1 Å². The average molecular weight is 591 g/mol. The highest BCUT2D eigenvalue weighted by atomic mass is 32.2. The highest BCUT2D eigenvalue weighted by Gasteiger charge is 2.34. The zero-order valence-corrected chi connectivity index (χ0v) is 24.2. The molecule has 1 aliphatic rings. The molecule has 1 fully saturated rings. The summed E-state index contributed by atoms with van der Waals surface area (Å²) in [6.07, 6.45) is 1.95. The number of nitrogens with one attached hydrogen (secondary N) is 3. The van der Waals surface area contributed by atoms with Gasteiger partial charge >= 0.3 is 5.97 Å². The van der Waals surface area contributed by atoms with Gasteiger partial charge in [-0.25, -0.2) is 8.42 Å². The summed E-state index contributed by atoms with van der Waals surface area (Å²) >= 11 is 0. The van der Waals surface area contributed by atoms with E-state index in [1.807, 2.05) is 0 Å². The molecule has 8 N–H and O–H groups in total. The number of aliphatic carboxylic acids is 1. The first-order chi connectivity index (χ1) is 18.6. The van der Waals surface area contributed by atoms with E-state index in [0.717, 1.165) is 0 Å². The molecule has 230 valence electrons. The van der Waals surface area contributed by atoms with Gasteiger partial charge in [0.05, 0.1) is 16.0 Å². The third kappa shape index (κ3) is 13.0. The van der Waals surface area contributed by atoms with Gasteiger partial charge in [0.15, 0.2) is 0 Å². The highest BCUT2D eigenvalue weighted by Crippen LogP contribution is 2.26. The zero-order valence-electron chi connectivity index (χ0n) is 23.3. The SMILES string of the molecule is CCC(CC(CC(CC(N)CC(CC1CC(C)C(=O)N1)C(=O)O)NC=O)C(N)=O)C(=O)NCC(C)CS(=O)(=O)[O-]. The van der Waals surface area contributed by atoms with Crippen LogP contribution in [-0.4, -0.2) is 78.6 Å². The van der Waals surface area contributed by atoms with E-state index >= 15 is 0 Å². The molecule has 0 aromatic heterocycles. The largest absolute Gasteiger partial charge is 0.748 e. The van der Waals surface area contributed by atoms with Crippen LogP contribution in [0.1, 0.15) is 65.7 Å². The van der Waals surface area contributed by atoms with Crippen molar-refractivity contribution >= 4 is 40.2 Å². The Morgan fingerprint density at radius 2 is 1.82 bits per heavy atom. The smallest absolute Gasteiger partial charge is 0.306 e. The number of carbonyl (C=O) groups excluding carboxylic acids is 4. The maximum atomic E-state index is 12.7. The molecule has 40 heavy (non-hydrogen) atoms. The van der Waals surface area contributed by atoms with Crippen LogP contribution in [0.3, 0.4) is 0 Å². The van der Waals surface area contributed by atoms with E-state index < -0.39 is 69.4 Å². The van der Waals surface area contributed by atoms with Crippen LogP contribution in [0.4, 0.5) is 0 Å². The molecular formula is C25H44N5O9S-. The number of hydrogen-bond acceptors (Lipinski definition) is 9. The van der Waals surface area contributed by atoms with Crippen molar-refractivity contribution in [3.8, 4) is 0 Å². The van der Waals surface area contributed by atoms with Crippen LogP contribution in [0, 0.1) is 29.6 Å². The second kappa shape index (κ2) is 16.5. The van der Waals surface area contributed by atoms with Crippen molar-refractivity contribution in [2.75, 3.05) is 12.3 Å². The molecular weight excluding hydrogens is 546 g/mol. The Bertz CT molecular complexity index is 993. The lowest BCUT2D eigenvalue weighted by Crippen LogP contribution is -2.42. The monoisotopic (exact) mass is 590 g/mol. The van der Waals surface area contributed by atoms with Crippen LogP contribution in [0.15, 0.2) is 0 Å². The van der Waals surface area contributed by atoms with E-state index in [9.17, 15) is 42.0 Å². The summed E-state index contributed by atoms with van der Waals surface area (Å²) < 4.78 is 32.8. The van der Waals surface area contributed by atoms with Gasteiger partial charge in [0, 0.05) is 48.2 Å². The second-order valence-corrected chi connectivity index (χ2v) is 12.5. The fourth-order valence-electron chi connectivity index (χ4n) is 5.19. The van der Waals surface area contributed by atoms with E-state index in [4.69, 9.17) is 11.5 Å². The standard InChI is InChI=1S/C25H45N5O9S/c1-4-16(24(34)28-11-14(2)12-40(37,38)39)6-17(22(27)32)8-20(29-13-31)10-19(26)7-18(25(35)36)9-21-5-15(3)23(33)30-21/h13-21H,4-12,26H2,1-3H3,(H2,27,32)(H,28,34)(H,29,31)(H,30,33)(H,35,36)(H,37,38,39)/p-1. The zero-order chi connectivity index (χ0) is 30.6. The van der Waals surface area contributed by atoms with Gasteiger partial charge in [0.2, 0.25) is 24.1 Å². The summed E-state index contributed by atoms with van der Waals surface area (Å²) in [5.74, 6) is -5.94. The maximum Gasteiger partial charge on any atom is 0.306 e. The molecule has 0 bridgehead atoms. The molecule has 0 aromatic rings. The number of nitrogens with two attached hydrogens (primary N) is 2. The van der Waals surface area contributed by atoms with Gasteiger partial charge in [-0.3, -0.25) is 24.0 Å². The lowest BCUT2D eigenvalue weighted by molar-refractivity contribution is -0.142. The summed E-state index contributed by atoms with van der Waals surface area (Å²) in [5.41, 5.74) is 11.9. The lowest BCUT2D eigenvalue weighted by Gasteiger charge is -2.27. The number of hydrogen-bond donors (Lipinski definition) is 6. The van der Waals surface area contributed by atoms with Gasteiger partial charge in [-0.05, 0) is 50.9 Å². The molecule has 0 spiro atoms. The molecule has 0 aromatic carbocycles. The van der Waals surface area contributed by atoms with Crippen LogP contribution in [0.25, 0.3) is 0 Å². The molecule has 0 radical (unpaired) electrons. The second-order valence-electron chi connectivity index (χ2n) is 11.1. The van der Waals surface area contributed by atoms with Crippen LogP contribution < -0.4 is 27.4 Å². The van der Waals surface area contributed by atoms with Gasteiger partial charge in [-0.2, -0.15) is 0 Å². The van der Waals surface area contributed by atoms with Crippen molar-refractivity contribution in [3.63, 3.8) is 0 Å². The van der Waals surface area contributed by atoms with Crippen molar-refractivity contribution in [2.24, 2.45) is 41.1 Å². The van der Waals surface area contributed by atoms with Crippen molar-refractivity contribution in [2.45, 2.75) is 83.8 Å². The number of carboxylic acid groups (broad SMARTS) is 1. The molecule has 1 rings (SSSR count). The summed E-state index contributed by atoms with van der Waals surface area (Å²) in [5, 5.41) is 17.7. The molecule has 4 amide bonds. The Kier molecular flexibility index (Phi) is 14.5. The quantitative estimate of drug-likeness (QED) is 0.0747. The lowest BCUT2D eigenvalue weighted by atomic mass is 9.84. The molecule has 8 atom stereocenters. The van der Waals surface area contributed by atoms with Crippen molar-refractivity contribution < 1.29 is 42.0 Å². The average Bonchev–Trinajstić information content (AvgIpc) is 3.14. The van der Waals surface area contributed by atoms with Crippen molar-refractivity contribution in [3.05, 3.63) is 0 Å². The molecule has 1 heterocycles. The molecule has 14 nitrogen and oxygen atoms in total. The Morgan fingerprint density at radius 1 is 1.18 bits per heavy atom. The third-order valence-corrected chi connectivity index (χ3v) is 8.32. The predicted octanol–water partition coefficient (Wildman–Crippen LogP) is -0.971. The van der Waals surface area contributed by atoms with Crippen LogP contribution >= 0.6 is 0 Å². The van der Waals surface area contributed by atoms with Crippen molar-refractivity contribution in [1.29, 1.82) is 0 Å². The molecule has 0 aliphatic carbocycles. The van der Waals surface area contributed by atoms with E-state index in [0.29, 0.717) is 19.3 Å². The minimum atomic E-state index is -4.44. The molecule has 1 aliphatic heterocycles. The van der Waals surface area contributed by atoms with Crippen LogP contribution in [0.5, 0.6) is 0 Å². The number of carbonyl (C=O) groups is 5. The van der Waals surface area contributed by atoms with Gasteiger partial charge in [-0.15, -0.1) is 0 Å². The molecule has 15 heteroatoms. The van der Waals surface area contributed by atoms with Gasteiger partial charge in [0.25, 0.3) is 0 Å². The summed E-state index contributed by atoms with van der Waals surface area (Å²) in [6, 6.07) is -1.53. The maximum absolute atomic E-state index is 12.7. The minimum Gasteiger partial charge on any atom is -0.748 e. The summed E-state index contributed by atoms with van der Waals surface area (Å²) in [4.78, 5) is 59.9. The minimum absolute atomic E-state index is 0.0313. The van der Waals surface area contributed by atoms with Crippen LogP contribution in [0.2, 0.25) is 0 Å². The number of rotatable bonds is 20. The first-order valence-corrected chi connectivity index (χ1v) is 15.1. The van der Waals surface area contributed by atoms with E-state index in [1.54, 1.807) is 13.8 Å². The topological polar surface area (TPSA) is 251 Å². The first kappa shape index (κ1) is 35.2. The van der Waals surface area contributed by atoms with E-state index in [-0.39, 0.29) is 56.5 Å². The van der Waals surface area contributed by atoms with Gasteiger partial charge in [0.1, 0.15) is 0 Å². The van der Waals surface area contributed by atoms with E-state index in [1.165, 1.54) is 6.92 Å². The van der Waals surface area contributed by atoms with E-state index in [2.05, 4.69) is 16.0 Å².